The molecule has 147 valence electrons. The summed E-state index contributed by atoms with van der Waals surface area (Å²) in [5, 5.41) is 4.88. The van der Waals surface area contributed by atoms with E-state index in [4.69, 9.17) is 5.73 Å². The smallest absolute Gasteiger partial charge is 0.274 e. The first-order valence-electron chi connectivity index (χ1n) is 8.99. The Balaban J connectivity index is 1.91. The summed E-state index contributed by atoms with van der Waals surface area (Å²) in [7, 11) is 1.46. The number of imide groups is 1. The van der Waals surface area contributed by atoms with Crippen molar-refractivity contribution >= 4 is 42.4 Å². The van der Waals surface area contributed by atoms with Gasteiger partial charge in [-0.2, -0.15) is 0 Å². The predicted molar refractivity (Wildman–Crippen MR) is 107 cm³/mol. The van der Waals surface area contributed by atoms with Crippen molar-refractivity contribution in [2.45, 2.75) is 25.7 Å². The molecule has 4 amide bonds. The number of nitrogens with two attached hydrogens (primary N) is 1. The van der Waals surface area contributed by atoms with E-state index in [2.05, 4.69) is 15.6 Å². The Morgan fingerprint density at radius 1 is 1.24 bits per heavy atom. The number of carbonyl (C=O) groups is 4. The molecule has 9 nitrogen and oxygen atoms in total. The van der Waals surface area contributed by atoms with Crippen LogP contribution in [0.3, 0.4) is 0 Å². The Kier molecular flexibility index (Phi) is 5.91. The molecule has 1 saturated heterocycles. The van der Waals surface area contributed by atoms with E-state index in [9.17, 15) is 19.2 Å². The van der Waals surface area contributed by atoms with Crippen molar-refractivity contribution in [3.63, 3.8) is 0 Å². The molecule has 2 heterocycles. The highest BCUT2D eigenvalue weighted by Gasteiger charge is 2.35. The monoisotopic (exact) mass is 392 g/mol. The molecule has 1 radical (unpaired) electrons. The number of pyridine rings is 1. The zero-order valence-corrected chi connectivity index (χ0v) is 15.7. The van der Waals surface area contributed by atoms with Crippen LogP contribution in [0.5, 0.6) is 0 Å². The van der Waals surface area contributed by atoms with Crippen LogP contribution in [0.1, 0.15) is 33.7 Å². The summed E-state index contributed by atoms with van der Waals surface area (Å²) in [6.45, 7) is 1.60. The molecular formula is C19H19BN5O4. The van der Waals surface area contributed by atoms with Crippen LogP contribution < -0.4 is 16.4 Å². The quantitative estimate of drug-likeness (QED) is 0.392. The van der Waals surface area contributed by atoms with Crippen molar-refractivity contribution in [3.8, 4) is 0 Å². The number of benzene rings is 1. The van der Waals surface area contributed by atoms with E-state index in [1.807, 2.05) is 0 Å². The van der Waals surface area contributed by atoms with Gasteiger partial charge in [0, 0.05) is 18.3 Å². The lowest BCUT2D eigenvalue weighted by molar-refractivity contribution is -0.135. The van der Waals surface area contributed by atoms with E-state index in [-0.39, 0.29) is 41.4 Å². The zero-order valence-electron chi connectivity index (χ0n) is 15.7. The second kappa shape index (κ2) is 8.55. The van der Waals surface area contributed by atoms with Gasteiger partial charge in [0.05, 0.1) is 17.3 Å². The number of aromatic nitrogens is 1. The molecular weight excluding hydrogens is 373 g/mol. The summed E-state index contributed by atoms with van der Waals surface area (Å²) in [4.78, 5) is 54.6. The van der Waals surface area contributed by atoms with Crippen LogP contribution in [0.2, 0.25) is 6.82 Å². The second-order valence-electron chi connectivity index (χ2n) is 6.38. The normalized spacial score (nSPS) is 16.0. The molecule has 10 heteroatoms. The lowest BCUT2D eigenvalue weighted by Gasteiger charge is -2.33. The van der Waals surface area contributed by atoms with Crippen LogP contribution in [0.4, 0.5) is 11.4 Å². The summed E-state index contributed by atoms with van der Waals surface area (Å²) in [6, 6.07) is 8.73. The third kappa shape index (κ3) is 4.26. The topological polar surface area (TPSA) is 134 Å². The summed E-state index contributed by atoms with van der Waals surface area (Å²) in [5.74, 6) is -1.99. The van der Waals surface area contributed by atoms with Crippen LogP contribution in [-0.4, -0.2) is 46.9 Å². The number of carbonyl (C=O) groups excluding carboxylic acids is 4. The van der Waals surface area contributed by atoms with Gasteiger partial charge in [0.15, 0.2) is 0 Å². The van der Waals surface area contributed by atoms with Crippen molar-refractivity contribution in [1.82, 2.24) is 15.1 Å². The van der Waals surface area contributed by atoms with Gasteiger partial charge < -0.3 is 15.9 Å². The van der Waals surface area contributed by atoms with Crippen LogP contribution in [0.25, 0.3) is 0 Å². The van der Waals surface area contributed by atoms with Crippen molar-refractivity contribution in [3.05, 3.63) is 53.9 Å². The van der Waals surface area contributed by atoms with Gasteiger partial charge >= 0.3 is 0 Å². The first-order chi connectivity index (χ1) is 13.9. The highest BCUT2D eigenvalue weighted by atomic mass is 16.2. The highest BCUT2D eigenvalue weighted by molar-refractivity contribution is 6.38. The largest absolute Gasteiger partial charge is 0.398 e. The number of hydrogen-bond donors (Lipinski definition) is 3. The molecule has 0 spiro atoms. The first kappa shape index (κ1) is 20.1. The minimum atomic E-state index is -0.843. The molecule has 0 aliphatic carbocycles. The summed E-state index contributed by atoms with van der Waals surface area (Å²) >= 11 is 0. The third-order valence-corrected chi connectivity index (χ3v) is 4.51. The van der Waals surface area contributed by atoms with E-state index < -0.39 is 23.8 Å². The lowest BCUT2D eigenvalue weighted by atomic mass is 9.88. The Labute approximate surface area is 167 Å². The number of piperidine rings is 1. The van der Waals surface area contributed by atoms with E-state index in [1.165, 1.54) is 24.5 Å². The van der Waals surface area contributed by atoms with Crippen molar-refractivity contribution < 1.29 is 19.2 Å². The number of nitrogen functional groups attached to an aromatic ring is 1. The number of rotatable bonds is 5. The van der Waals surface area contributed by atoms with Gasteiger partial charge in [-0.25, -0.2) is 0 Å². The lowest BCUT2D eigenvalue weighted by Crippen LogP contribution is -2.55. The van der Waals surface area contributed by atoms with Gasteiger partial charge in [-0.1, -0.05) is 19.0 Å². The maximum atomic E-state index is 13.2. The minimum absolute atomic E-state index is 0.0552. The van der Waals surface area contributed by atoms with Crippen LogP contribution in [0.15, 0.2) is 42.6 Å². The van der Waals surface area contributed by atoms with Crippen molar-refractivity contribution in [1.29, 1.82) is 0 Å². The highest BCUT2D eigenvalue weighted by Crippen LogP contribution is 2.26. The van der Waals surface area contributed by atoms with Crippen LogP contribution in [0, 0.1) is 0 Å². The van der Waals surface area contributed by atoms with Gasteiger partial charge in [0.25, 0.3) is 5.91 Å². The standard InChI is InChI=1S/C19H19BN5O4/c1-20-25(14-8-9-15(26)24-18(14)28)19(29)16-11(21)5-4-7-12(16)23-17(27)13-6-2-3-10-22-13/h2-7,10,14H,8-9,21H2,1H3,(H,23,27)(H,24,26,28). The molecule has 3 rings (SSSR count). The Bertz CT molecular complexity index is 966. The number of amides is 4. The SMILES string of the molecule is C[B]N(C(=O)c1c(N)cccc1NC(=O)c1ccccn1)C1CCC(=O)NC1=O. The molecule has 1 aliphatic rings. The molecule has 1 aromatic carbocycles. The molecule has 4 N–H and O–H groups in total. The third-order valence-electron chi connectivity index (χ3n) is 4.51. The minimum Gasteiger partial charge on any atom is -0.398 e. The fourth-order valence-electron chi connectivity index (χ4n) is 3.11. The van der Waals surface area contributed by atoms with Gasteiger partial charge in [0.2, 0.25) is 25.1 Å². The predicted octanol–water partition coefficient (Wildman–Crippen LogP) is 0.831. The number of hydrogen-bond acceptors (Lipinski definition) is 6. The Hall–Kier alpha value is -3.69. The first-order valence-corrected chi connectivity index (χ1v) is 8.99. The second-order valence-corrected chi connectivity index (χ2v) is 6.38. The molecule has 1 atom stereocenters. The molecule has 2 aromatic rings. The van der Waals surface area contributed by atoms with Gasteiger partial charge in [-0.15, -0.1) is 0 Å². The molecule has 29 heavy (non-hydrogen) atoms. The fourth-order valence-corrected chi connectivity index (χ4v) is 3.11. The number of anilines is 2. The molecule has 1 unspecified atom stereocenters. The van der Waals surface area contributed by atoms with Gasteiger partial charge in [0.1, 0.15) is 5.69 Å². The molecule has 0 saturated carbocycles. The van der Waals surface area contributed by atoms with E-state index in [1.54, 1.807) is 37.2 Å². The number of nitrogens with zero attached hydrogens (tertiary/aromatic N) is 2. The summed E-state index contributed by atoms with van der Waals surface area (Å²) in [5.41, 5.74) is 6.61. The van der Waals surface area contributed by atoms with Gasteiger partial charge in [-0.05, 0) is 30.7 Å². The van der Waals surface area contributed by atoms with Crippen LogP contribution >= 0.6 is 0 Å². The average molecular weight is 392 g/mol. The number of nitrogens with one attached hydrogen (secondary N) is 2. The van der Waals surface area contributed by atoms with E-state index >= 15 is 0 Å². The molecule has 1 aliphatic heterocycles. The molecule has 1 aromatic heterocycles. The van der Waals surface area contributed by atoms with Crippen molar-refractivity contribution in [2.24, 2.45) is 0 Å². The Morgan fingerprint density at radius 3 is 2.69 bits per heavy atom. The maximum Gasteiger partial charge on any atom is 0.274 e. The van der Waals surface area contributed by atoms with Crippen molar-refractivity contribution in [2.75, 3.05) is 11.1 Å². The summed E-state index contributed by atoms with van der Waals surface area (Å²) < 4.78 is 0. The molecule has 1 fully saturated rings. The molecule has 0 bridgehead atoms. The van der Waals surface area contributed by atoms with E-state index in [0.29, 0.717) is 0 Å². The van der Waals surface area contributed by atoms with E-state index in [0.717, 1.165) is 0 Å². The van der Waals surface area contributed by atoms with Crippen LogP contribution in [-0.2, 0) is 9.59 Å². The fraction of sp³-hybridized carbons (Fsp3) is 0.211. The summed E-state index contributed by atoms with van der Waals surface area (Å²) in [6.07, 6.45) is 1.81. The average Bonchev–Trinajstić information content (AvgIpc) is 2.70. The van der Waals surface area contributed by atoms with Gasteiger partial charge in [-0.3, -0.25) is 29.5 Å². The Morgan fingerprint density at radius 2 is 2.03 bits per heavy atom. The zero-order chi connectivity index (χ0) is 21.0. The maximum absolute atomic E-state index is 13.2.